The number of ether oxygens (including phenoxy) is 9. The van der Waals surface area contributed by atoms with Crippen LogP contribution < -0.4 is 5.32 Å². The van der Waals surface area contributed by atoms with E-state index in [1.165, 1.54) is 0 Å². The summed E-state index contributed by atoms with van der Waals surface area (Å²) >= 11 is 0. The van der Waals surface area contributed by atoms with Crippen molar-refractivity contribution >= 4 is 5.91 Å². The minimum absolute atomic E-state index is 0.727. The number of nitrogens with one attached hydrogen (secondary N) is 1. The lowest BCUT2D eigenvalue weighted by Gasteiger charge is -2.49. The molecule has 1 amide bonds. The van der Waals surface area contributed by atoms with Gasteiger partial charge in [-0.15, -0.1) is 0 Å². The van der Waals surface area contributed by atoms with Gasteiger partial charge in [-0.1, -0.05) is 0 Å². The van der Waals surface area contributed by atoms with E-state index in [1.54, 1.807) is 0 Å². The summed E-state index contributed by atoms with van der Waals surface area (Å²) in [6.45, 7) is -3.40. The van der Waals surface area contributed by atoms with Crippen LogP contribution in [0.5, 0.6) is 0 Å². The SMILES string of the molecule is CC(=O)N[C@@H]1[C@@H](O)[C@H](O[C@@H]2O[C@H](CO[C@H]3O[C@H](CO)[C@@H](O)[C@H](O)[C@@H]3O)[C@@H](O)[C@H](O[C@H]3O[C@H](CO)[C@@H](O)[C@H](O)[C@@H]3O[C@H]3O[C@H](CO)[C@@H](O)[C@H](O)[C@@H]3O)[C@@H]2O)[C@@H](CO)O[C@H]1O. The molecule has 5 heterocycles. The number of hydrogen-bond acceptors (Lipinski definition) is 26. The van der Waals surface area contributed by atoms with Crippen molar-refractivity contribution in [3.63, 3.8) is 0 Å². The summed E-state index contributed by atoms with van der Waals surface area (Å²) in [5, 5.41) is 170. The van der Waals surface area contributed by atoms with E-state index in [0.717, 1.165) is 6.92 Å². The van der Waals surface area contributed by atoms with Crippen LogP contribution in [0, 0.1) is 0 Å². The molecule has 0 radical (unpaired) electrons. The van der Waals surface area contributed by atoms with E-state index in [1.807, 2.05) is 0 Å². The molecule has 5 aliphatic heterocycles. The Morgan fingerprint density at radius 2 is 0.881 bits per heavy atom. The monoisotopic (exact) mass is 869 g/mol. The predicted molar refractivity (Wildman–Crippen MR) is 178 cm³/mol. The lowest BCUT2D eigenvalue weighted by Crippen LogP contribution is -2.69. The van der Waals surface area contributed by atoms with Gasteiger partial charge >= 0.3 is 0 Å². The van der Waals surface area contributed by atoms with E-state index >= 15 is 0 Å². The van der Waals surface area contributed by atoms with Crippen molar-refractivity contribution in [2.24, 2.45) is 0 Å². The van der Waals surface area contributed by atoms with E-state index in [-0.39, 0.29) is 0 Å². The molecule has 0 aromatic carbocycles. The van der Waals surface area contributed by atoms with Gasteiger partial charge in [-0.25, -0.2) is 0 Å². The molecular weight excluding hydrogens is 814 g/mol. The van der Waals surface area contributed by atoms with Crippen molar-refractivity contribution < 1.29 is 129 Å². The Balaban J connectivity index is 1.45. The Bertz CT molecular complexity index is 1320. The molecule has 5 fully saturated rings. The van der Waals surface area contributed by atoms with Crippen LogP contribution in [-0.2, 0) is 47.4 Å². The standard InChI is InChI=1S/C32H55NO26/c1-7(38)33-13-18(43)25(11(5-37)52-28(13)50)57-31-24(49)26(17(42)12(56-31)6-51-29-22(47)19(44)14(39)8(2-34)53-29)58-32-27(21(46)16(41)10(4-36)55-32)59-30-23(48)20(45)15(40)9(3-35)54-30/h8-32,34-37,39-50H,2-6H2,1H3,(H,33,38)/t8-,9-,10-,11-,12-,13-,14-,15-,16-,17-,18-,19+,20+,21+,22+,23+,24+,25-,26+,27+,28-,29+,30-,31+,32-/m1/s1. The number of amides is 1. The number of aliphatic hydroxyl groups excluding tert-OH is 16. The van der Waals surface area contributed by atoms with E-state index in [0.29, 0.717) is 0 Å². The van der Waals surface area contributed by atoms with E-state index in [4.69, 9.17) is 42.6 Å². The zero-order valence-corrected chi connectivity index (χ0v) is 31.2. The molecule has 5 aliphatic rings. The fourth-order valence-electron chi connectivity index (χ4n) is 7.30. The summed E-state index contributed by atoms with van der Waals surface area (Å²) in [4.78, 5) is 11.8. The van der Waals surface area contributed by atoms with Gasteiger partial charge in [0, 0.05) is 6.92 Å². The summed E-state index contributed by atoms with van der Waals surface area (Å²) in [7, 11) is 0. The second kappa shape index (κ2) is 20.8. The maximum Gasteiger partial charge on any atom is 0.217 e. The molecule has 59 heavy (non-hydrogen) atoms. The second-order valence-corrected chi connectivity index (χ2v) is 14.7. The van der Waals surface area contributed by atoms with Crippen molar-refractivity contribution in [1.29, 1.82) is 0 Å². The molecule has 0 aromatic rings. The minimum atomic E-state index is -2.21. The van der Waals surface area contributed by atoms with Crippen LogP contribution in [0.2, 0.25) is 0 Å². The number of rotatable bonds is 14. The molecule has 0 spiro atoms. The molecule has 0 bridgehead atoms. The van der Waals surface area contributed by atoms with Crippen molar-refractivity contribution in [3.8, 4) is 0 Å². The van der Waals surface area contributed by atoms with Crippen LogP contribution in [0.3, 0.4) is 0 Å². The van der Waals surface area contributed by atoms with Crippen LogP contribution in [0.4, 0.5) is 0 Å². The number of carbonyl (C=O) groups excluding carboxylic acids is 1. The highest BCUT2D eigenvalue weighted by Crippen LogP contribution is 2.35. The Morgan fingerprint density at radius 1 is 0.441 bits per heavy atom. The third kappa shape index (κ3) is 10.3. The van der Waals surface area contributed by atoms with Gasteiger partial charge in [0.2, 0.25) is 5.91 Å². The predicted octanol–water partition coefficient (Wildman–Crippen LogP) is -11.8. The summed E-state index contributed by atoms with van der Waals surface area (Å²) in [6.07, 6.45) is -45.2. The molecule has 5 saturated heterocycles. The Labute approximate surface area is 333 Å². The van der Waals surface area contributed by atoms with Crippen LogP contribution >= 0.6 is 0 Å². The van der Waals surface area contributed by atoms with Gasteiger partial charge in [-0.3, -0.25) is 4.79 Å². The fraction of sp³-hybridized carbons (Fsp3) is 0.969. The molecule has 0 aromatic heterocycles. The summed E-state index contributed by atoms with van der Waals surface area (Å²) in [5.74, 6) is -0.727. The highest BCUT2D eigenvalue weighted by Gasteiger charge is 2.56. The van der Waals surface area contributed by atoms with Crippen LogP contribution in [0.1, 0.15) is 6.92 Å². The molecule has 0 unspecified atom stereocenters. The minimum Gasteiger partial charge on any atom is -0.394 e. The lowest BCUT2D eigenvalue weighted by molar-refractivity contribution is -0.396. The molecule has 5 rings (SSSR count). The molecule has 25 atom stereocenters. The third-order valence-electron chi connectivity index (χ3n) is 10.7. The van der Waals surface area contributed by atoms with Gasteiger partial charge < -0.3 is 130 Å². The molecule has 344 valence electrons. The van der Waals surface area contributed by atoms with Gasteiger partial charge in [0.15, 0.2) is 31.5 Å². The molecular formula is C32H55NO26. The maximum atomic E-state index is 11.8. The lowest BCUT2D eigenvalue weighted by atomic mass is 9.95. The Hall–Kier alpha value is -1.53. The zero-order chi connectivity index (χ0) is 43.6. The molecule has 17 N–H and O–H groups in total. The first-order valence-electron chi connectivity index (χ1n) is 18.6. The topological polar surface area (TPSA) is 436 Å². The highest BCUT2D eigenvalue weighted by atomic mass is 16.8. The smallest absolute Gasteiger partial charge is 0.217 e. The average molecular weight is 870 g/mol. The Kier molecular flexibility index (Phi) is 17.1. The molecule has 0 saturated carbocycles. The Morgan fingerprint density at radius 3 is 1.42 bits per heavy atom. The first kappa shape index (κ1) is 48.5. The number of hydrogen-bond donors (Lipinski definition) is 17. The van der Waals surface area contributed by atoms with Gasteiger partial charge in [0.05, 0.1) is 33.0 Å². The second-order valence-electron chi connectivity index (χ2n) is 14.7. The van der Waals surface area contributed by atoms with Crippen molar-refractivity contribution in [2.75, 3.05) is 33.0 Å². The van der Waals surface area contributed by atoms with Gasteiger partial charge in [0.1, 0.15) is 122 Å². The van der Waals surface area contributed by atoms with Gasteiger partial charge in [-0.05, 0) is 0 Å². The van der Waals surface area contributed by atoms with E-state index in [2.05, 4.69) is 5.32 Å². The fourth-order valence-corrected chi connectivity index (χ4v) is 7.30. The number of carbonyl (C=O) groups is 1. The normalized spacial score (nSPS) is 51.0. The average Bonchev–Trinajstić information content (AvgIpc) is 3.21. The van der Waals surface area contributed by atoms with Crippen LogP contribution in [0.15, 0.2) is 0 Å². The first-order chi connectivity index (χ1) is 27.9. The largest absolute Gasteiger partial charge is 0.394 e. The highest BCUT2D eigenvalue weighted by molar-refractivity contribution is 5.73. The summed E-state index contributed by atoms with van der Waals surface area (Å²) in [5.41, 5.74) is 0. The molecule has 27 heteroatoms. The first-order valence-corrected chi connectivity index (χ1v) is 18.6. The van der Waals surface area contributed by atoms with Gasteiger partial charge in [-0.2, -0.15) is 0 Å². The summed E-state index contributed by atoms with van der Waals surface area (Å²) in [6, 6.07) is -1.57. The third-order valence-corrected chi connectivity index (χ3v) is 10.7. The quantitative estimate of drug-likeness (QED) is 0.0770. The van der Waals surface area contributed by atoms with Crippen molar-refractivity contribution in [2.45, 2.75) is 160 Å². The van der Waals surface area contributed by atoms with Gasteiger partial charge in [0.25, 0.3) is 0 Å². The number of aliphatic hydroxyl groups is 16. The van der Waals surface area contributed by atoms with Crippen LogP contribution in [0.25, 0.3) is 0 Å². The van der Waals surface area contributed by atoms with E-state index in [9.17, 15) is 86.5 Å². The zero-order valence-electron chi connectivity index (χ0n) is 31.2. The molecule has 27 nitrogen and oxygen atoms in total. The van der Waals surface area contributed by atoms with Crippen molar-refractivity contribution in [3.05, 3.63) is 0 Å². The maximum absolute atomic E-state index is 11.8. The van der Waals surface area contributed by atoms with Crippen molar-refractivity contribution in [1.82, 2.24) is 5.32 Å². The molecule has 0 aliphatic carbocycles. The van der Waals surface area contributed by atoms with E-state index < -0.39 is 192 Å². The van der Waals surface area contributed by atoms with Crippen LogP contribution in [-0.4, -0.2) is 274 Å². The summed E-state index contributed by atoms with van der Waals surface area (Å²) < 4.78 is 50.4.